The van der Waals surface area contributed by atoms with Crippen molar-refractivity contribution in [2.75, 3.05) is 13.2 Å². The van der Waals surface area contributed by atoms with E-state index < -0.39 is 24.3 Å². The van der Waals surface area contributed by atoms with Crippen LogP contribution in [0.25, 0.3) is 0 Å². The van der Waals surface area contributed by atoms with Gasteiger partial charge < -0.3 is 23.7 Å². The average Bonchev–Trinajstić information content (AvgIpc) is 3.00. The third kappa shape index (κ3) is 8.39. The van der Waals surface area contributed by atoms with Crippen LogP contribution >= 0.6 is 0 Å². The summed E-state index contributed by atoms with van der Waals surface area (Å²) in [7, 11) is 0. The molecule has 0 amide bonds. The first kappa shape index (κ1) is 28.8. The maximum Gasteiger partial charge on any atom is 0.348 e. The summed E-state index contributed by atoms with van der Waals surface area (Å²) in [6.45, 7) is 3.12. The van der Waals surface area contributed by atoms with Crippen LogP contribution in [-0.4, -0.2) is 37.5 Å². The standard InChI is InChI=1S/C33H33NO6/c1-2-37-33(35)28(19-34)18-29-23-38-30(24-36-20-25-12-6-3-7-13-25)32(40-22-27-16-10-5-11-17-27)31(29)39-21-26-14-8-4-9-15-26/h3-18,23,30-32H,2,20-22,24H2,1H3/b28-18+/t30-,31-,32-/m1/s1. The predicted octanol–water partition coefficient (Wildman–Crippen LogP) is 5.67. The molecule has 0 bridgehead atoms. The van der Waals surface area contributed by atoms with Gasteiger partial charge in [0.25, 0.3) is 0 Å². The maximum absolute atomic E-state index is 12.4. The summed E-state index contributed by atoms with van der Waals surface area (Å²) < 4.78 is 30.1. The topological polar surface area (TPSA) is 87.0 Å². The molecule has 0 saturated heterocycles. The minimum Gasteiger partial charge on any atom is -0.492 e. The molecule has 40 heavy (non-hydrogen) atoms. The fourth-order valence-electron chi connectivity index (χ4n) is 4.24. The second kappa shape index (κ2) is 15.4. The van der Waals surface area contributed by atoms with Gasteiger partial charge in [0.15, 0.2) is 0 Å². The average molecular weight is 540 g/mol. The van der Waals surface area contributed by atoms with Gasteiger partial charge in [0.1, 0.15) is 30.0 Å². The molecule has 7 nitrogen and oxygen atoms in total. The van der Waals surface area contributed by atoms with Gasteiger partial charge in [0.05, 0.1) is 39.3 Å². The van der Waals surface area contributed by atoms with Crippen LogP contribution in [0.5, 0.6) is 0 Å². The fourth-order valence-corrected chi connectivity index (χ4v) is 4.24. The van der Waals surface area contributed by atoms with Crippen LogP contribution in [-0.2, 0) is 48.3 Å². The molecule has 7 heteroatoms. The van der Waals surface area contributed by atoms with E-state index in [4.69, 9.17) is 23.7 Å². The van der Waals surface area contributed by atoms with Gasteiger partial charge in [-0.3, -0.25) is 0 Å². The van der Waals surface area contributed by atoms with Crippen molar-refractivity contribution in [2.24, 2.45) is 0 Å². The van der Waals surface area contributed by atoms with E-state index in [1.165, 1.54) is 12.3 Å². The second-order valence-corrected chi connectivity index (χ2v) is 9.16. The molecule has 4 rings (SSSR count). The van der Waals surface area contributed by atoms with Crippen molar-refractivity contribution in [3.05, 3.63) is 131 Å². The summed E-state index contributed by atoms with van der Waals surface area (Å²) in [5, 5.41) is 9.66. The Morgan fingerprint density at radius 3 is 1.95 bits per heavy atom. The largest absolute Gasteiger partial charge is 0.492 e. The molecule has 1 aliphatic heterocycles. The predicted molar refractivity (Wildman–Crippen MR) is 149 cm³/mol. The van der Waals surface area contributed by atoms with Crippen molar-refractivity contribution in [3.63, 3.8) is 0 Å². The van der Waals surface area contributed by atoms with Gasteiger partial charge in [-0.1, -0.05) is 91.0 Å². The molecule has 0 saturated carbocycles. The van der Waals surface area contributed by atoms with Crippen LogP contribution in [0.2, 0.25) is 0 Å². The number of hydrogen-bond donors (Lipinski definition) is 0. The molecule has 3 aromatic rings. The lowest BCUT2D eigenvalue weighted by atomic mass is 9.96. The first-order valence-electron chi connectivity index (χ1n) is 13.2. The third-order valence-corrected chi connectivity index (χ3v) is 6.25. The Balaban J connectivity index is 1.61. The molecular weight excluding hydrogens is 506 g/mol. The highest BCUT2D eigenvalue weighted by atomic mass is 16.6. The SMILES string of the molecule is CCOC(=O)/C(C#N)=C/C1=CO[C@H](COCc2ccccc2)[C@@H](OCc2ccccc2)[C@@H]1OCc1ccccc1. The van der Waals surface area contributed by atoms with Crippen LogP contribution < -0.4 is 0 Å². The quantitative estimate of drug-likeness (QED) is 0.157. The molecular formula is C33H33NO6. The molecule has 0 N–H and O–H groups in total. The lowest BCUT2D eigenvalue weighted by Crippen LogP contribution is -2.47. The number of ether oxygens (including phenoxy) is 5. The lowest BCUT2D eigenvalue weighted by molar-refractivity contribution is -0.150. The number of hydrogen-bond acceptors (Lipinski definition) is 7. The van der Waals surface area contributed by atoms with Gasteiger partial charge in [-0.05, 0) is 29.7 Å². The first-order valence-corrected chi connectivity index (χ1v) is 13.2. The number of benzene rings is 3. The zero-order valence-corrected chi connectivity index (χ0v) is 22.5. The highest BCUT2D eigenvalue weighted by molar-refractivity contribution is 5.93. The maximum atomic E-state index is 12.4. The van der Waals surface area contributed by atoms with E-state index in [0.29, 0.717) is 25.4 Å². The van der Waals surface area contributed by atoms with Crippen LogP contribution in [0.1, 0.15) is 23.6 Å². The Labute approximate surface area is 235 Å². The molecule has 1 heterocycles. The fraction of sp³-hybridized carbons (Fsp3) is 0.273. The summed E-state index contributed by atoms with van der Waals surface area (Å²) in [5.74, 6) is -0.706. The molecule has 3 aromatic carbocycles. The van der Waals surface area contributed by atoms with E-state index in [2.05, 4.69) is 0 Å². The normalized spacial score (nSPS) is 18.8. The molecule has 206 valence electrons. The molecule has 0 fully saturated rings. The highest BCUT2D eigenvalue weighted by Crippen LogP contribution is 2.29. The Hall–Kier alpha value is -4.22. The minimum absolute atomic E-state index is 0.148. The molecule has 0 aromatic heterocycles. The minimum atomic E-state index is -0.706. The highest BCUT2D eigenvalue weighted by Gasteiger charge is 2.39. The lowest BCUT2D eigenvalue weighted by Gasteiger charge is -2.37. The number of rotatable bonds is 13. The number of nitriles is 1. The van der Waals surface area contributed by atoms with E-state index >= 15 is 0 Å². The molecule has 0 aliphatic carbocycles. The number of carbonyl (C=O) groups excluding carboxylic acids is 1. The molecule has 0 unspecified atom stereocenters. The Kier molecular flexibility index (Phi) is 11.1. The van der Waals surface area contributed by atoms with Gasteiger partial charge >= 0.3 is 5.97 Å². The van der Waals surface area contributed by atoms with Crippen molar-refractivity contribution in [2.45, 2.75) is 45.1 Å². The van der Waals surface area contributed by atoms with Gasteiger partial charge in [-0.15, -0.1) is 0 Å². The molecule has 0 spiro atoms. The summed E-state index contributed by atoms with van der Waals surface area (Å²) in [6.07, 6.45) is 1.22. The van der Waals surface area contributed by atoms with Gasteiger partial charge in [-0.2, -0.15) is 5.26 Å². The zero-order chi connectivity index (χ0) is 28.0. The van der Waals surface area contributed by atoms with Crippen molar-refractivity contribution >= 4 is 5.97 Å². The summed E-state index contributed by atoms with van der Waals surface area (Å²) in [5.41, 5.74) is 3.36. The zero-order valence-electron chi connectivity index (χ0n) is 22.5. The molecule has 3 atom stereocenters. The van der Waals surface area contributed by atoms with Crippen LogP contribution in [0.15, 0.2) is 114 Å². The van der Waals surface area contributed by atoms with Crippen molar-refractivity contribution in [3.8, 4) is 6.07 Å². The van der Waals surface area contributed by atoms with Crippen LogP contribution in [0.3, 0.4) is 0 Å². The summed E-state index contributed by atoms with van der Waals surface area (Å²) >= 11 is 0. The number of nitrogens with zero attached hydrogens (tertiary/aromatic N) is 1. The van der Waals surface area contributed by atoms with Gasteiger partial charge in [0.2, 0.25) is 0 Å². The van der Waals surface area contributed by atoms with E-state index in [1.54, 1.807) is 6.92 Å². The van der Waals surface area contributed by atoms with Crippen molar-refractivity contribution in [1.29, 1.82) is 5.26 Å². The van der Waals surface area contributed by atoms with Crippen molar-refractivity contribution in [1.82, 2.24) is 0 Å². The second-order valence-electron chi connectivity index (χ2n) is 9.16. The Morgan fingerprint density at radius 1 is 0.850 bits per heavy atom. The van der Waals surface area contributed by atoms with Gasteiger partial charge in [0, 0.05) is 5.57 Å². The summed E-state index contributed by atoms with van der Waals surface area (Å²) in [6, 6.07) is 31.4. The van der Waals surface area contributed by atoms with E-state index in [9.17, 15) is 10.1 Å². The van der Waals surface area contributed by atoms with Crippen molar-refractivity contribution < 1.29 is 28.5 Å². The van der Waals surface area contributed by atoms with Crippen LogP contribution in [0, 0.1) is 11.3 Å². The van der Waals surface area contributed by atoms with E-state index in [1.807, 2.05) is 97.1 Å². The Bertz CT molecular complexity index is 1300. The monoisotopic (exact) mass is 539 g/mol. The number of carbonyl (C=O) groups is 1. The van der Waals surface area contributed by atoms with Crippen LogP contribution in [0.4, 0.5) is 0 Å². The smallest absolute Gasteiger partial charge is 0.348 e. The Morgan fingerprint density at radius 2 is 1.40 bits per heavy atom. The molecule has 1 aliphatic rings. The van der Waals surface area contributed by atoms with E-state index in [0.717, 1.165) is 16.7 Å². The van der Waals surface area contributed by atoms with Gasteiger partial charge in [-0.25, -0.2) is 4.79 Å². The first-order chi connectivity index (χ1) is 19.7. The molecule has 0 radical (unpaired) electrons. The summed E-state index contributed by atoms with van der Waals surface area (Å²) in [4.78, 5) is 12.4. The van der Waals surface area contributed by atoms with E-state index in [-0.39, 0.29) is 18.8 Å². The number of esters is 1. The third-order valence-electron chi connectivity index (χ3n) is 6.25.